The second-order valence-corrected chi connectivity index (χ2v) is 8.95. The fourth-order valence-electron chi connectivity index (χ4n) is 4.77. The lowest BCUT2D eigenvalue weighted by atomic mass is 9.94. The van der Waals surface area contributed by atoms with E-state index in [9.17, 15) is 4.79 Å². The first-order chi connectivity index (χ1) is 17.1. The maximum absolute atomic E-state index is 13.3. The van der Waals surface area contributed by atoms with Crippen molar-refractivity contribution in [2.75, 3.05) is 38.7 Å². The number of hydrogen-bond donors (Lipinski definition) is 2. The van der Waals surface area contributed by atoms with Crippen molar-refractivity contribution >= 4 is 22.6 Å². The summed E-state index contributed by atoms with van der Waals surface area (Å²) in [6.07, 6.45) is 3.66. The summed E-state index contributed by atoms with van der Waals surface area (Å²) in [7, 11) is 3.58. The number of nitrogens with zero attached hydrogens (tertiary/aromatic N) is 4. The lowest BCUT2D eigenvalue weighted by molar-refractivity contribution is 0.159. The number of aryl methyl sites for hydroxylation is 1. The van der Waals surface area contributed by atoms with E-state index < -0.39 is 0 Å². The Kier molecular flexibility index (Phi) is 6.74. The highest BCUT2D eigenvalue weighted by Crippen LogP contribution is 2.30. The molecular weight excluding hydrogens is 440 g/mol. The number of fused-ring (bicyclic) bond motifs is 1. The molecular formula is C27H30N6O2. The summed E-state index contributed by atoms with van der Waals surface area (Å²) in [5, 5.41) is 11.6. The molecule has 0 saturated carbocycles. The molecule has 0 bridgehead atoms. The third kappa shape index (κ3) is 5.18. The van der Waals surface area contributed by atoms with Crippen molar-refractivity contribution in [2.45, 2.75) is 12.0 Å². The zero-order valence-corrected chi connectivity index (χ0v) is 20.0. The predicted molar refractivity (Wildman–Crippen MR) is 137 cm³/mol. The molecule has 1 saturated heterocycles. The van der Waals surface area contributed by atoms with Gasteiger partial charge in [-0.05, 0) is 17.7 Å². The summed E-state index contributed by atoms with van der Waals surface area (Å²) in [4.78, 5) is 20.4. The van der Waals surface area contributed by atoms with Crippen molar-refractivity contribution in [1.29, 1.82) is 0 Å². The number of methoxy groups -OCH3 is 1. The minimum absolute atomic E-state index is 0.0236. The third-order valence-corrected chi connectivity index (χ3v) is 6.50. The molecule has 8 nitrogen and oxygen atoms in total. The van der Waals surface area contributed by atoms with Crippen molar-refractivity contribution in [3.8, 4) is 11.3 Å². The summed E-state index contributed by atoms with van der Waals surface area (Å²) in [5.41, 5.74) is 4.29. The first-order valence-corrected chi connectivity index (χ1v) is 11.8. The van der Waals surface area contributed by atoms with Gasteiger partial charge in [0.05, 0.1) is 35.7 Å². The largest absolute Gasteiger partial charge is 0.383 e. The Morgan fingerprint density at radius 1 is 1.11 bits per heavy atom. The van der Waals surface area contributed by atoms with Gasteiger partial charge in [-0.2, -0.15) is 5.10 Å². The van der Waals surface area contributed by atoms with E-state index in [4.69, 9.17) is 9.72 Å². The fraction of sp³-hybridized carbons (Fsp3) is 0.296. The average molecular weight is 471 g/mol. The monoisotopic (exact) mass is 470 g/mol. The van der Waals surface area contributed by atoms with Crippen LogP contribution in [0.3, 0.4) is 0 Å². The van der Waals surface area contributed by atoms with Gasteiger partial charge in [0.2, 0.25) is 0 Å². The molecule has 2 aromatic heterocycles. The maximum Gasteiger partial charge on any atom is 0.319 e. The van der Waals surface area contributed by atoms with E-state index in [2.05, 4.69) is 32.8 Å². The topological polar surface area (TPSA) is 84.3 Å². The van der Waals surface area contributed by atoms with Crippen LogP contribution in [-0.2, 0) is 11.8 Å². The number of hydrogen-bond acceptors (Lipinski definition) is 5. The first kappa shape index (κ1) is 23.0. The van der Waals surface area contributed by atoms with Gasteiger partial charge in [0.15, 0.2) is 0 Å². The van der Waals surface area contributed by atoms with Gasteiger partial charge in [0.25, 0.3) is 0 Å². The number of pyridine rings is 1. The lowest BCUT2D eigenvalue weighted by Gasteiger charge is -2.21. The first-order valence-electron chi connectivity index (χ1n) is 11.8. The molecule has 35 heavy (non-hydrogen) atoms. The SMILES string of the molecule is COCCN1C[C@@H](NC(=O)Nc2cc3ccccc3nc2-c2cnn(C)c2)[C@H](c2ccccc2)C1. The number of amides is 2. The van der Waals surface area contributed by atoms with Crippen LogP contribution in [0.15, 0.2) is 73.1 Å². The van der Waals surface area contributed by atoms with Crippen LogP contribution < -0.4 is 10.6 Å². The third-order valence-electron chi connectivity index (χ3n) is 6.50. The molecule has 0 radical (unpaired) electrons. The van der Waals surface area contributed by atoms with Gasteiger partial charge in [0, 0.05) is 56.9 Å². The van der Waals surface area contributed by atoms with Crippen LogP contribution in [-0.4, -0.2) is 65.1 Å². The Hall–Kier alpha value is -3.75. The number of carbonyl (C=O) groups excluding carboxylic acids is 1. The molecule has 2 atom stereocenters. The van der Waals surface area contributed by atoms with Crippen LogP contribution in [0.4, 0.5) is 10.5 Å². The summed E-state index contributed by atoms with van der Waals surface area (Å²) in [6.45, 7) is 3.13. The number of rotatable bonds is 7. The zero-order valence-electron chi connectivity index (χ0n) is 20.0. The van der Waals surface area contributed by atoms with Crippen molar-refractivity contribution < 1.29 is 9.53 Å². The Morgan fingerprint density at radius 2 is 1.91 bits per heavy atom. The van der Waals surface area contributed by atoms with Gasteiger partial charge >= 0.3 is 6.03 Å². The minimum atomic E-state index is -0.244. The van der Waals surface area contributed by atoms with E-state index in [0.29, 0.717) is 18.0 Å². The van der Waals surface area contributed by atoms with Crippen molar-refractivity contribution in [1.82, 2.24) is 25.0 Å². The van der Waals surface area contributed by atoms with Crippen molar-refractivity contribution in [3.63, 3.8) is 0 Å². The molecule has 1 aliphatic heterocycles. The number of para-hydroxylation sites is 1. The van der Waals surface area contributed by atoms with Crippen LogP contribution in [0.2, 0.25) is 0 Å². The molecule has 1 fully saturated rings. The summed E-state index contributed by atoms with van der Waals surface area (Å²) in [5.74, 6) is 0.200. The molecule has 0 aliphatic carbocycles. The Labute approximate surface area is 204 Å². The molecule has 0 unspecified atom stereocenters. The highest BCUT2D eigenvalue weighted by molar-refractivity contribution is 5.97. The van der Waals surface area contributed by atoms with Crippen LogP contribution in [0.1, 0.15) is 11.5 Å². The molecule has 2 N–H and O–H groups in total. The average Bonchev–Trinajstić information content (AvgIpc) is 3.48. The Bertz CT molecular complexity index is 1310. The minimum Gasteiger partial charge on any atom is -0.383 e. The fourth-order valence-corrected chi connectivity index (χ4v) is 4.77. The van der Waals surface area contributed by atoms with Crippen LogP contribution in [0.25, 0.3) is 22.2 Å². The number of ether oxygens (including phenoxy) is 1. The zero-order chi connectivity index (χ0) is 24.2. The predicted octanol–water partition coefficient (Wildman–Crippen LogP) is 3.87. The van der Waals surface area contributed by atoms with E-state index in [1.165, 1.54) is 5.56 Å². The van der Waals surface area contributed by atoms with E-state index >= 15 is 0 Å². The number of nitrogens with one attached hydrogen (secondary N) is 2. The maximum atomic E-state index is 13.3. The quantitative estimate of drug-likeness (QED) is 0.428. The van der Waals surface area contributed by atoms with E-state index in [1.807, 2.05) is 61.8 Å². The van der Waals surface area contributed by atoms with Gasteiger partial charge in [-0.1, -0.05) is 48.5 Å². The number of urea groups is 1. The second-order valence-electron chi connectivity index (χ2n) is 8.95. The number of aromatic nitrogens is 3. The van der Waals surface area contributed by atoms with E-state index in [0.717, 1.165) is 36.1 Å². The molecule has 5 rings (SSSR count). The smallest absolute Gasteiger partial charge is 0.319 e. The molecule has 2 amide bonds. The van der Waals surface area contributed by atoms with Crippen molar-refractivity contribution in [2.24, 2.45) is 7.05 Å². The standard InChI is InChI=1S/C27H30N6O2/c1-32-16-21(15-28-32)26-24(14-20-10-6-7-11-23(20)29-26)30-27(34)31-25-18-33(12-13-35-2)17-22(25)19-8-4-3-5-9-19/h3-11,14-16,22,25H,12-13,17-18H2,1-2H3,(H2,30,31,34)/t22-,25+/m0/s1. The second kappa shape index (κ2) is 10.2. The number of benzene rings is 2. The van der Waals surface area contributed by atoms with Crippen LogP contribution >= 0.6 is 0 Å². The van der Waals surface area contributed by atoms with Crippen LogP contribution in [0.5, 0.6) is 0 Å². The Balaban J connectivity index is 1.39. The molecule has 4 aromatic rings. The van der Waals surface area contributed by atoms with Crippen molar-refractivity contribution in [3.05, 3.63) is 78.6 Å². The molecule has 3 heterocycles. The highest BCUT2D eigenvalue weighted by Gasteiger charge is 2.34. The van der Waals surface area contributed by atoms with Crippen LogP contribution in [0, 0.1) is 0 Å². The number of carbonyl (C=O) groups is 1. The molecule has 2 aromatic carbocycles. The van der Waals surface area contributed by atoms with E-state index in [-0.39, 0.29) is 18.0 Å². The molecule has 8 heteroatoms. The van der Waals surface area contributed by atoms with Gasteiger partial charge < -0.3 is 15.4 Å². The van der Waals surface area contributed by atoms with Gasteiger partial charge in [-0.15, -0.1) is 0 Å². The highest BCUT2D eigenvalue weighted by atomic mass is 16.5. The summed E-state index contributed by atoms with van der Waals surface area (Å²) in [6, 6.07) is 20.0. The lowest BCUT2D eigenvalue weighted by Crippen LogP contribution is -2.42. The molecule has 0 spiro atoms. The van der Waals surface area contributed by atoms with Gasteiger partial charge in [-0.3, -0.25) is 9.58 Å². The van der Waals surface area contributed by atoms with E-state index in [1.54, 1.807) is 18.0 Å². The Morgan fingerprint density at radius 3 is 2.69 bits per heavy atom. The molecule has 180 valence electrons. The van der Waals surface area contributed by atoms with Gasteiger partial charge in [-0.25, -0.2) is 9.78 Å². The summed E-state index contributed by atoms with van der Waals surface area (Å²) >= 11 is 0. The molecule has 1 aliphatic rings. The number of anilines is 1. The summed E-state index contributed by atoms with van der Waals surface area (Å²) < 4.78 is 7.01. The van der Waals surface area contributed by atoms with Gasteiger partial charge in [0.1, 0.15) is 0 Å². The number of likely N-dealkylation sites (tertiary alicyclic amines) is 1. The normalized spacial score (nSPS) is 18.1.